The van der Waals surface area contributed by atoms with Gasteiger partial charge in [-0.05, 0) is 30.3 Å². The molecule has 0 aliphatic carbocycles. The highest BCUT2D eigenvalue weighted by Crippen LogP contribution is 2.10. The lowest BCUT2D eigenvalue weighted by Gasteiger charge is -2.04. The van der Waals surface area contributed by atoms with Crippen molar-refractivity contribution in [2.75, 3.05) is 0 Å². The molecular formula is C14H8FNO3. The van der Waals surface area contributed by atoms with Gasteiger partial charge >= 0.3 is 5.76 Å². The van der Waals surface area contributed by atoms with Gasteiger partial charge in [0.1, 0.15) is 11.4 Å². The molecule has 0 unspecified atom stereocenters. The summed E-state index contributed by atoms with van der Waals surface area (Å²) in [5.41, 5.74) is -0.174. The van der Waals surface area contributed by atoms with E-state index in [1.807, 2.05) is 0 Å². The molecule has 0 fully saturated rings. The van der Waals surface area contributed by atoms with Crippen molar-refractivity contribution in [1.82, 2.24) is 4.57 Å². The number of rotatable bonds is 1. The summed E-state index contributed by atoms with van der Waals surface area (Å²) in [6.07, 6.45) is 0. The summed E-state index contributed by atoms with van der Waals surface area (Å²) in [6, 6.07) is 11.6. The number of halogens is 1. The van der Waals surface area contributed by atoms with E-state index in [1.54, 1.807) is 18.2 Å². The highest BCUT2D eigenvalue weighted by Gasteiger charge is 2.11. The van der Waals surface area contributed by atoms with Crippen molar-refractivity contribution >= 4 is 11.0 Å². The molecule has 1 aromatic heterocycles. The van der Waals surface area contributed by atoms with E-state index in [1.165, 1.54) is 24.3 Å². The van der Waals surface area contributed by atoms with E-state index < -0.39 is 17.1 Å². The number of benzene rings is 2. The first kappa shape index (κ1) is 11.4. The van der Waals surface area contributed by atoms with Gasteiger partial charge in [-0.2, -0.15) is 0 Å². The van der Waals surface area contributed by atoms with Crippen LogP contribution in [-0.2, 0) is 0 Å². The monoisotopic (exact) mass is 257 g/mol. The fourth-order valence-corrected chi connectivity index (χ4v) is 1.91. The maximum Gasteiger partial charge on any atom is 0.426 e. The predicted molar refractivity (Wildman–Crippen MR) is 68.0 cm³/mol. The van der Waals surface area contributed by atoms with Crippen LogP contribution < -0.4 is 11.3 Å². The van der Waals surface area contributed by atoms with Crippen LogP contribution in [-0.4, -0.2) is 4.57 Å². The molecule has 3 aromatic rings. The van der Waals surface area contributed by atoms with E-state index in [-0.39, 0.29) is 16.7 Å². The summed E-state index contributed by atoms with van der Waals surface area (Å²) < 4.78 is 19.0. The van der Waals surface area contributed by atoms with Crippen molar-refractivity contribution < 1.29 is 8.81 Å². The quantitative estimate of drug-likeness (QED) is 0.670. The van der Waals surface area contributed by atoms with Crippen molar-refractivity contribution in [3.05, 3.63) is 75.3 Å². The van der Waals surface area contributed by atoms with Crippen LogP contribution in [0.1, 0.15) is 0 Å². The second-order valence-corrected chi connectivity index (χ2v) is 3.98. The van der Waals surface area contributed by atoms with Crippen molar-refractivity contribution in [3.63, 3.8) is 0 Å². The van der Waals surface area contributed by atoms with E-state index in [4.69, 9.17) is 4.42 Å². The Kier molecular flexibility index (Phi) is 2.52. The molecule has 5 heteroatoms. The Morgan fingerprint density at radius 2 is 1.79 bits per heavy atom. The fraction of sp³-hybridized carbons (Fsp3) is 0. The third kappa shape index (κ3) is 1.85. The Morgan fingerprint density at radius 1 is 1.00 bits per heavy atom. The van der Waals surface area contributed by atoms with Gasteiger partial charge in [-0.1, -0.05) is 18.2 Å². The molecule has 19 heavy (non-hydrogen) atoms. The second-order valence-electron chi connectivity index (χ2n) is 3.98. The van der Waals surface area contributed by atoms with E-state index in [0.29, 0.717) is 0 Å². The van der Waals surface area contributed by atoms with Crippen LogP contribution in [0.5, 0.6) is 0 Å². The van der Waals surface area contributed by atoms with Gasteiger partial charge in [-0.25, -0.2) is 13.8 Å². The zero-order valence-electron chi connectivity index (χ0n) is 9.67. The van der Waals surface area contributed by atoms with Crippen LogP contribution in [0.3, 0.4) is 0 Å². The van der Waals surface area contributed by atoms with Gasteiger partial charge in [-0.3, -0.25) is 4.79 Å². The number of aromatic nitrogens is 1. The van der Waals surface area contributed by atoms with E-state index in [9.17, 15) is 14.0 Å². The summed E-state index contributed by atoms with van der Waals surface area (Å²) in [5.74, 6) is -1.37. The summed E-state index contributed by atoms with van der Waals surface area (Å²) in [5, 5.41) is 0.270. The minimum Gasteiger partial charge on any atom is -0.409 e. The first-order chi connectivity index (χ1) is 9.16. The molecular weight excluding hydrogens is 249 g/mol. The van der Waals surface area contributed by atoms with Crippen molar-refractivity contribution in [3.8, 4) is 5.69 Å². The van der Waals surface area contributed by atoms with Gasteiger partial charge in [0.15, 0.2) is 0 Å². The summed E-state index contributed by atoms with van der Waals surface area (Å²) in [6.45, 7) is 0. The standard InChI is InChI=1S/C14H8FNO3/c15-9-4-3-5-10(8-9)16-13(17)11-6-1-2-7-12(11)19-14(16)18/h1-8H. The summed E-state index contributed by atoms with van der Waals surface area (Å²) in [7, 11) is 0. The predicted octanol–water partition coefficient (Wildman–Crippen LogP) is 2.08. The third-order valence-corrected chi connectivity index (χ3v) is 2.77. The zero-order chi connectivity index (χ0) is 13.4. The van der Waals surface area contributed by atoms with Gasteiger partial charge in [0.05, 0.1) is 11.1 Å². The molecule has 0 N–H and O–H groups in total. The molecule has 94 valence electrons. The first-order valence-corrected chi connectivity index (χ1v) is 5.58. The lowest BCUT2D eigenvalue weighted by atomic mass is 10.2. The van der Waals surface area contributed by atoms with E-state index in [0.717, 1.165) is 10.6 Å². The lowest BCUT2D eigenvalue weighted by Crippen LogP contribution is -2.30. The third-order valence-electron chi connectivity index (χ3n) is 2.77. The average molecular weight is 257 g/mol. The smallest absolute Gasteiger partial charge is 0.409 e. The minimum atomic E-state index is -0.839. The molecule has 0 atom stereocenters. The number of nitrogens with zero attached hydrogens (tertiary/aromatic N) is 1. The molecule has 4 nitrogen and oxygen atoms in total. The second kappa shape index (κ2) is 4.20. The summed E-state index contributed by atoms with van der Waals surface area (Å²) in [4.78, 5) is 24.1. The normalized spacial score (nSPS) is 10.8. The minimum absolute atomic E-state index is 0.143. The topological polar surface area (TPSA) is 52.2 Å². The Hall–Kier alpha value is -2.69. The molecule has 0 bridgehead atoms. The van der Waals surface area contributed by atoms with Crippen LogP contribution in [0, 0.1) is 5.82 Å². The number of fused-ring (bicyclic) bond motifs is 1. The van der Waals surface area contributed by atoms with Crippen LogP contribution >= 0.6 is 0 Å². The number of hydrogen-bond acceptors (Lipinski definition) is 3. The largest absolute Gasteiger partial charge is 0.426 e. The van der Waals surface area contributed by atoms with Gasteiger partial charge in [0, 0.05) is 0 Å². The molecule has 0 radical (unpaired) electrons. The SMILES string of the molecule is O=c1oc2ccccc2c(=O)n1-c1cccc(F)c1. The Bertz CT molecular complexity index is 879. The van der Waals surface area contributed by atoms with Crippen LogP contribution in [0.15, 0.2) is 62.5 Å². The van der Waals surface area contributed by atoms with Crippen molar-refractivity contribution in [2.45, 2.75) is 0 Å². The lowest BCUT2D eigenvalue weighted by molar-refractivity contribution is 0.503. The van der Waals surface area contributed by atoms with Crippen molar-refractivity contribution in [1.29, 1.82) is 0 Å². The highest BCUT2D eigenvalue weighted by atomic mass is 19.1. The Labute approximate surface area is 106 Å². The van der Waals surface area contributed by atoms with E-state index in [2.05, 4.69) is 0 Å². The number of hydrogen-bond donors (Lipinski definition) is 0. The van der Waals surface area contributed by atoms with Crippen LogP contribution in [0.4, 0.5) is 4.39 Å². The molecule has 0 aliphatic rings. The van der Waals surface area contributed by atoms with Gasteiger partial charge in [0.2, 0.25) is 0 Å². The fourth-order valence-electron chi connectivity index (χ4n) is 1.91. The van der Waals surface area contributed by atoms with Gasteiger partial charge in [0.25, 0.3) is 5.56 Å². The molecule has 0 saturated carbocycles. The molecule has 0 aliphatic heterocycles. The maximum absolute atomic E-state index is 13.2. The van der Waals surface area contributed by atoms with E-state index >= 15 is 0 Å². The molecule has 3 rings (SSSR count). The number of para-hydroxylation sites is 1. The molecule has 0 saturated heterocycles. The van der Waals surface area contributed by atoms with Gasteiger partial charge < -0.3 is 4.42 Å². The highest BCUT2D eigenvalue weighted by molar-refractivity contribution is 5.75. The molecule has 1 heterocycles. The molecule has 0 spiro atoms. The Balaban J connectivity index is 2.42. The zero-order valence-corrected chi connectivity index (χ0v) is 9.67. The van der Waals surface area contributed by atoms with Gasteiger partial charge in [-0.15, -0.1) is 0 Å². The van der Waals surface area contributed by atoms with Crippen molar-refractivity contribution in [2.24, 2.45) is 0 Å². The van der Waals surface area contributed by atoms with Crippen LogP contribution in [0.2, 0.25) is 0 Å². The van der Waals surface area contributed by atoms with Crippen LogP contribution in [0.25, 0.3) is 16.7 Å². The Morgan fingerprint density at radius 3 is 2.58 bits per heavy atom. The average Bonchev–Trinajstić information content (AvgIpc) is 2.39. The first-order valence-electron chi connectivity index (χ1n) is 5.58. The molecule has 2 aromatic carbocycles. The maximum atomic E-state index is 13.2. The molecule has 0 amide bonds. The summed E-state index contributed by atoms with van der Waals surface area (Å²) >= 11 is 0.